The van der Waals surface area contributed by atoms with E-state index in [9.17, 15) is 8.42 Å². The van der Waals surface area contributed by atoms with Crippen molar-refractivity contribution in [2.75, 3.05) is 12.4 Å². The van der Waals surface area contributed by atoms with E-state index in [0.717, 1.165) is 16.7 Å². The average molecular weight is 403 g/mol. The normalized spacial score (nSPS) is 28.6. The van der Waals surface area contributed by atoms with Gasteiger partial charge in [0.1, 0.15) is 6.04 Å². The molecular weight excluding hydrogens is 384 g/mol. The maximum absolute atomic E-state index is 13.6. The lowest BCUT2D eigenvalue weighted by Gasteiger charge is -2.29. The Kier molecular flexibility index (Phi) is 3.83. The Morgan fingerprint density at radius 1 is 1.04 bits per heavy atom. The highest BCUT2D eigenvalue weighted by Gasteiger charge is 2.64. The first-order chi connectivity index (χ1) is 13.0. The van der Waals surface area contributed by atoms with E-state index >= 15 is 0 Å². The van der Waals surface area contributed by atoms with Crippen LogP contribution >= 0.6 is 11.6 Å². The zero-order valence-corrected chi connectivity index (χ0v) is 16.3. The summed E-state index contributed by atoms with van der Waals surface area (Å²) < 4.78 is 28.8. The topological polar surface area (TPSA) is 65.3 Å². The zero-order chi connectivity index (χ0) is 18.8. The van der Waals surface area contributed by atoms with Crippen molar-refractivity contribution in [2.24, 2.45) is 10.3 Å². The number of hydrogen-bond acceptors (Lipinski definition) is 5. The first-order valence-corrected chi connectivity index (χ1v) is 10.9. The summed E-state index contributed by atoms with van der Waals surface area (Å²) in [6.45, 7) is 2.50. The van der Waals surface area contributed by atoms with Crippen LogP contribution in [-0.2, 0) is 10.0 Å². The summed E-state index contributed by atoms with van der Waals surface area (Å²) in [5, 5.41) is 10.6. The summed E-state index contributed by atoms with van der Waals surface area (Å²) in [6.07, 6.45) is 0. The standard InChI is InChI=1S/C19H19ClN4O2S/c1-12-6-8-13(9-7-12)27(25,26)24-17-14-4-2-3-5-15(14)18(24)19-16(17)21-22-23(19)11-10-20/h2-9,16-19H,10-11H2,1H3. The molecule has 0 radical (unpaired) electrons. The Labute approximate surface area is 163 Å². The summed E-state index contributed by atoms with van der Waals surface area (Å²) in [7, 11) is -3.67. The molecule has 0 spiro atoms. The number of aryl methyl sites for hydroxylation is 1. The molecule has 5 rings (SSSR count). The van der Waals surface area contributed by atoms with Crippen LogP contribution < -0.4 is 0 Å². The molecule has 2 bridgehead atoms. The molecule has 3 heterocycles. The van der Waals surface area contributed by atoms with Crippen molar-refractivity contribution >= 4 is 21.6 Å². The van der Waals surface area contributed by atoms with Gasteiger partial charge >= 0.3 is 0 Å². The van der Waals surface area contributed by atoms with Crippen LogP contribution in [0.15, 0.2) is 63.8 Å². The van der Waals surface area contributed by atoms with Crippen LogP contribution in [0.4, 0.5) is 0 Å². The van der Waals surface area contributed by atoms with Crippen LogP contribution in [0.2, 0.25) is 0 Å². The second-order valence-electron chi connectivity index (χ2n) is 7.20. The lowest BCUT2D eigenvalue weighted by molar-refractivity contribution is 0.199. The molecule has 1 saturated heterocycles. The number of alkyl halides is 1. The SMILES string of the molecule is Cc1ccc(S(=O)(=O)N2C3c4ccccc4C2C2C3N=NN2CCCl)cc1. The van der Waals surface area contributed by atoms with Crippen LogP contribution in [0.25, 0.3) is 0 Å². The second kappa shape index (κ2) is 6.02. The van der Waals surface area contributed by atoms with Crippen molar-refractivity contribution in [3.63, 3.8) is 0 Å². The van der Waals surface area contributed by atoms with Crippen molar-refractivity contribution in [1.29, 1.82) is 0 Å². The predicted molar refractivity (Wildman–Crippen MR) is 102 cm³/mol. The fourth-order valence-corrected chi connectivity index (χ4v) is 6.58. The van der Waals surface area contributed by atoms with Crippen molar-refractivity contribution in [2.45, 2.75) is 36.0 Å². The van der Waals surface area contributed by atoms with Crippen LogP contribution in [0.3, 0.4) is 0 Å². The Hall–Kier alpha value is -1.96. The summed E-state index contributed by atoms with van der Waals surface area (Å²) in [5.74, 6) is 0.423. The molecule has 0 N–H and O–H groups in total. The van der Waals surface area contributed by atoms with Gasteiger partial charge in [-0.1, -0.05) is 47.2 Å². The van der Waals surface area contributed by atoms with E-state index in [1.807, 2.05) is 48.3 Å². The van der Waals surface area contributed by atoms with Crippen LogP contribution in [-0.4, -0.2) is 42.2 Å². The molecule has 0 amide bonds. The average Bonchev–Trinajstić information content (AvgIpc) is 3.31. The lowest BCUT2D eigenvalue weighted by atomic mass is 9.85. The van der Waals surface area contributed by atoms with Gasteiger partial charge in [-0.15, -0.1) is 11.6 Å². The molecule has 6 nitrogen and oxygen atoms in total. The monoisotopic (exact) mass is 402 g/mol. The third-order valence-corrected chi connectivity index (χ3v) is 7.78. The quantitative estimate of drug-likeness (QED) is 0.735. The Morgan fingerprint density at radius 2 is 1.70 bits per heavy atom. The maximum atomic E-state index is 13.6. The summed E-state index contributed by atoms with van der Waals surface area (Å²) in [5.41, 5.74) is 3.11. The molecule has 2 aromatic carbocycles. The van der Waals surface area contributed by atoms with E-state index in [1.54, 1.807) is 16.4 Å². The van der Waals surface area contributed by atoms with Crippen molar-refractivity contribution in [3.05, 3.63) is 65.2 Å². The van der Waals surface area contributed by atoms with Crippen LogP contribution in [0, 0.1) is 6.92 Å². The second-order valence-corrected chi connectivity index (χ2v) is 9.43. The molecule has 0 aliphatic carbocycles. The fourth-order valence-electron chi connectivity index (χ4n) is 4.61. The number of halogens is 1. The Balaban J connectivity index is 1.64. The molecule has 0 saturated carbocycles. The minimum Gasteiger partial charge on any atom is -0.270 e. The summed E-state index contributed by atoms with van der Waals surface area (Å²) in [4.78, 5) is 0.316. The van der Waals surface area contributed by atoms with Crippen LogP contribution in [0.5, 0.6) is 0 Å². The zero-order valence-electron chi connectivity index (χ0n) is 14.7. The molecule has 1 fully saturated rings. The van der Waals surface area contributed by atoms with Gasteiger partial charge in [0, 0.05) is 5.88 Å². The molecule has 2 aromatic rings. The molecule has 8 heteroatoms. The molecule has 0 aromatic heterocycles. The van der Waals surface area contributed by atoms with Gasteiger partial charge in [-0.25, -0.2) is 8.42 Å². The van der Waals surface area contributed by atoms with Gasteiger partial charge in [0.2, 0.25) is 10.0 Å². The molecule has 27 heavy (non-hydrogen) atoms. The largest absolute Gasteiger partial charge is 0.270 e. The minimum absolute atomic E-state index is 0.108. The third-order valence-electron chi connectivity index (χ3n) is 5.73. The lowest BCUT2D eigenvalue weighted by Crippen LogP contribution is -2.40. The number of benzene rings is 2. The van der Waals surface area contributed by atoms with Gasteiger partial charge in [0.15, 0.2) is 0 Å². The summed E-state index contributed by atoms with van der Waals surface area (Å²) in [6, 6.07) is 14.0. The molecular formula is C19H19ClN4O2S. The highest BCUT2D eigenvalue weighted by molar-refractivity contribution is 7.89. The van der Waals surface area contributed by atoms with Crippen molar-refractivity contribution in [1.82, 2.24) is 9.31 Å². The summed E-state index contributed by atoms with van der Waals surface area (Å²) >= 11 is 5.94. The molecule has 140 valence electrons. The predicted octanol–water partition coefficient (Wildman–Crippen LogP) is 3.45. The smallest absolute Gasteiger partial charge is 0.244 e. The molecule has 4 atom stereocenters. The number of sulfonamides is 1. The number of rotatable bonds is 4. The van der Waals surface area contributed by atoms with E-state index in [0.29, 0.717) is 17.3 Å². The number of fused-ring (bicyclic) bond motifs is 8. The highest BCUT2D eigenvalue weighted by atomic mass is 35.5. The Morgan fingerprint density at radius 3 is 2.37 bits per heavy atom. The maximum Gasteiger partial charge on any atom is 0.244 e. The van der Waals surface area contributed by atoms with Crippen LogP contribution in [0.1, 0.15) is 28.8 Å². The van der Waals surface area contributed by atoms with E-state index in [1.165, 1.54) is 0 Å². The van der Waals surface area contributed by atoms with E-state index in [2.05, 4.69) is 10.3 Å². The van der Waals surface area contributed by atoms with Gasteiger partial charge < -0.3 is 0 Å². The minimum atomic E-state index is -3.67. The first-order valence-electron chi connectivity index (χ1n) is 8.96. The van der Waals surface area contributed by atoms with Gasteiger partial charge in [-0.3, -0.25) is 5.01 Å². The van der Waals surface area contributed by atoms with Gasteiger partial charge in [-0.05, 0) is 30.2 Å². The van der Waals surface area contributed by atoms with Crippen molar-refractivity contribution < 1.29 is 8.42 Å². The van der Waals surface area contributed by atoms with Gasteiger partial charge in [0.05, 0.1) is 29.6 Å². The van der Waals surface area contributed by atoms with E-state index in [-0.39, 0.29) is 24.2 Å². The first kappa shape index (κ1) is 17.2. The molecule has 3 aliphatic rings. The fraction of sp³-hybridized carbons (Fsp3) is 0.368. The molecule has 4 unspecified atom stereocenters. The number of nitrogens with zero attached hydrogens (tertiary/aromatic N) is 4. The third kappa shape index (κ3) is 2.31. The van der Waals surface area contributed by atoms with E-state index < -0.39 is 10.0 Å². The van der Waals surface area contributed by atoms with Gasteiger partial charge in [-0.2, -0.15) is 9.42 Å². The van der Waals surface area contributed by atoms with E-state index in [4.69, 9.17) is 11.6 Å². The number of hydrogen-bond donors (Lipinski definition) is 0. The Bertz CT molecular complexity index is 1020. The highest BCUT2D eigenvalue weighted by Crippen LogP contribution is 2.59. The van der Waals surface area contributed by atoms with Crippen molar-refractivity contribution in [3.8, 4) is 0 Å². The van der Waals surface area contributed by atoms with Gasteiger partial charge in [0.25, 0.3) is 0 Å². The molecule has 3 aliphatic heterocycles.